The molecule has 4 aromatic carbocycles. The molecule has 0 aromatic heterocycles. The van der Waals surface area contributed by atoms with E-state index in [1.807, 2.05) is 13.8 Å². The van der Waals surface area contributed by atoms with Gasteiger partial charge in [-0.3, -0.25) is 0 Å². The van der Waals surface area contributed by atoms with Gasteiger partial charge in [0.2, 0.25) is 0 Å². The van der Waals surface area contributed by atoms with Gasteiger partial charge >= 0.3 is 52.8 Å². The third kappa shape index (κ3) is 6.51. The van der Waals surface area contributed by atoms with Crippen molar-refractivity contribution >= 4 is 42.0 Å². The molecule has 0 aliphatic rings. The second-order valence-electron chi connectivity index (χ2n) is 7.48. The Morgan fingerprint density at radius 1 is 0.714 bits per heavy atom. The molecule has 3 heteroatoms. The maximum atomic E-state index is 5.55. The Hall–Kier alpha value is -1.02. The Kier molecular flexibility index (Phi) is 8.86. The molecule has 0 unspecified atom stereocenters. The second kappa shape index (κ2) is 10.7. The zero-order valence-electron chi connectivity index (χ0n) is 17.5. The van der Waals surface area contributed by atoms with Crippen LogP contribution in [0.5, 0.6) is 0 Å². The summed E-state index contributed by atoms with van der Waals surface area (Å²) in [6.45, 7) is 12.6. The third-order valence-corrected chi connectivity index (χ3v) is 13.5. The van der Waals surface area contributed by atoms with Crippen molar-refractivity contribution in [3.63, 3.8) is 0 Å². The van der Waals surface area contributed by atoms with Crippen molar-refractivity contribution in [1.29, 1.82) is 0 Å². The van der Waals surface area contributed by atoms with Crippen LogP contribution < -0.4 is 0 Å². The number of benzene rings is 2. The molecule has 148 valence electrons. The maximum absolute atomic E-state index is 5.55. The normalized spacial score (nSPS) is 10.1. The van der Waals surface area contributed by atoms with Gasteiger partial charge in [-0.2, -0.15) is 12.1 Å². The molecule has 0 radical (unpaired) electrons. The molecule has 28 heavy (non-hydrogen) atoms. The van der Waals surface area contributed by atoms with Crippen molar-refractivity contribution in [2.24, 2.45) is 0 Å². The van der Waals surface area contributed by atoms with E-state index in [1.54, 1.807) is 0 Å². The van der Waals surface area contributed by atoms with E-state index in [0.717, 1.165) is 0 Å². The van der Waals surface area contributed by atoms with Crippen LogP contribution in [0.15, 0.2) is 60.7 Å². The molecule has 0 saturated carbocycles. The predicted molar refractivity (Wildman–Crippen MR) is 126 cm³/mol. The zero-order valence-corrected chi connectivity index (χ0v) is 22.6. The standard InChI is InChI=1S/2C11H11.C3H6.2ClH.Hf/c2*1-8-6-10-5-3-4-9(2)11(10)7-8;1-3-2;;;/h2*3-7H,1-2H3;1-2H3;2*1H;/q2*-1;;;;+2/p-2. The number of hydrogen-bond donors (Lipinski definition) is 0. The molecule has 0 bridgehead atoms. The van der Waals surface area contributed by atoms with Crippen molar-refractivity contribution in [1.82, 2.24) is 0 Å². The smallest absolute Gasteiger partial charge is 0.0488 e. The van der Waals surface area contributed by atoms with Crippen LogP contribution in [0.1, 0.15) is 36.1 Å². The summed E-state index contributed by atoms with van der Waals surface area (Å²) >= 11 is -1.97. The zero-order chi connectivity index (χ0) is 20.8. The van der Waals surface area contributed by atoms with Gasteiger partial charge < -0.3 is 0 Å². The molecule has 0 amide bonds. The topological polar surface area (TPSA) is 0 Å². The summed E-state index contributed by atoms with van der Waals surface area (Å²) in [5.41, 5.74) is 5.45. The quantitative estimate of drug-likeness (QED) is 0.145. The summed E-state index contributed by atoms with van der Waals surface area (Å²) in [6.07, 6.45) is 0. The van der Waals surface area contributed by atoms with Gasteiger partial charge in [0, 0.05) is 0 Å². The summed E-state index contributed by atoms with van der Waals surface area (Å²) in [6, 6.07) is 21.8. The fraction of sp³-hybridized carbons (Fsp3) is 0.240. The molecule has 0 heterocycles. The van der Waals surface area contributed by atoms with E-state index in [9.17, 15) is 0 Å². The van der Waals surface area contributed by atoms with Crippen LogP contribution in [0.25, 0.3) is 21.5 Å². The first-order valence-electron chi connectivity index (χ1n) is 9.43. The number of rotatable bonds is 0. The Morgan fingerprint density at radius 3 is 1.36 bits per heavy atom. The average Bonchev–Trinajstić information content (AvgIpc) is 3.19. The summed E-state index contributed by atoms with van der Waals surface area (Å²) in [7, 11) is 11.1. The first kappa shape index (κ1) is 23.3. The van der Waals surface area contributed by atoms with Gasteiger partial charge in [-0.05, 0) is 13.8 Å². The monoisotopic (exact) mass is 578 g/mol. The van der Waals surface area contributed by atoms with Crippen LogP contribution in [0.4, 0.5) is 0 Å². The SMILES string of the molecule is C[C](C)=[Hf]([Cl])[Cl].Cc1cc2c(C)cccc2[cH-]1.Cc1cc2c(C)cccc2[cH-]1. The van der Waals surface area contributed by atoms with E-state index < -0.39 is 18.6 Å². The Labute approximate surface area is 184 Å². The van der Waals surface area contributed by atoms with Gasteiger partial charge in [-0.15, -0.1) is 69.1 Å². The molecular weight excluding hydrogens is 550 g/mol. The largest absolute Gasteiger partial charge is 0.165 e. The molecular formula is C25H28Cl2Hf-2. The summed E-state index contributed by atoms with van der Waals surface area (Å²) in [5.74, 6) is 0. The third-order valence-electron chi connectivity index (χ3n) is 4.60. The first-order valence-corrected chi connectivity index (χ1v) is 20.1. The Bertz CT molecular complexity index is 1000. The van der Waals surface area contributed by atoms with Crippen LogP contribution in [-0.4, -0.2) is 3.26 Å². The number of fused-ring (bicyclic) bond motifs is 2. The van der Waals surface area contributed by atoms with Gasteiger partial charge in [0.1, 0.15) is 0 Å². The van der Waals surface area contributed by atoms with E-state index in [1.165, 1.54) is 47.1 Å². The fourth-order valence-electron chi connectivity index (χ4n) is 3.08. The van der Waals surface area contributed by atoms with Crippen LogP contribution in [0.3, 0.4) is 0 Å². The average molecular weight is 578 g/mol. The molecule has 0 fully saturated rings. The van der Waals surface area contributed by atoms with Gasteiger partial charge in [-0.25, -0.2) is 0 Å². The van der Waals surface area contributed by atoms with Crippen molar-refractivity contribution < 1.29 is 18.6 Å². The van der Waals surface area contributed by atoms with Gasteiger partial charge in [-0.1, -0.05) is 37.1 Å². The summed E-state index contributed by atoms with van der Waals surface area (Å²) in [5, 5.41) is 5.51. The second-order valence-corrected chi connectivity index (χ2v) is 20.7. The van der Waals surface area contributed by atoms with Crippen LogP contribution in [-0.2, 0) is 18.6 Å². The predicted octanol–water partition coefficient (Wildman–Crippen LogP) is 8.48. The minimum absolute atomic E-state index is 1.25. The molecule has 4 rings (SSSR count). The van der Waals surface area contributed by atoms with Crippen molar-refractivity contribution in [2.75, 3.05) is 0 Å². The molecule has 0 aliphatic heterocycles. The minimum atomic E-state index is -1.97. The Morgan fingerprint density at radius 2 is 1.07 bits per heavy atom. The fourth-order valence-corrected chi connectivity index (χ4v) is 3.08. The molecule has 0 aliphatic carbocycles. The number of aryl methyl sites for hydroxylation is 4. The first-order chi connectivity index (χ1) is 13.2. The summed E-state index contributed by atoms with van der Waals surface area (Å²) < 4.78 is 1.25. The van der Waals surface area contributed by atoms with E-state index in [0.29, 0.717) is 0 Å². The van der Waals surface area contributed by atoms with Crippen molar-refractivity contribution in [3.05, 3.63) is 82.9 Å². The molecule has 0 saturated heterocycles. The van der Waals surface area contributed by atoms with Crippen molar-refractivity contribution in [2.45, 2.75) is 41.5 Å². The van der Waals surface area contributed by atoms with Gasteiger partial charge in [0.05, 0.1) is 0 Å². The summed E-state index contributed by atoms with van der Waals surface area (Å²) in [4.78, 5) is 0. The minimum Gasteiger partial charge on any atom is -0.165 e. The van der Waals surface area contributed by atoms with E-state index >= 15 is 0 Å². The molecule has 0 spiro atoms. The Balaban J connectivity index is 0.000000158. The van der Waals surface area contributed by atoms with Gasteiger partial charge in [0.15, 0.2) is 0 Å². The van der Waals surface area contributed by atoms with E-state index in [4.69, 9.17) is 17.2 Å². The molecule has 4 aromatic rings. The maximum Gasteiger partial charge on any atom is -0.0488 e. The molecule has 0 N–H and O–H groups in total. The van der Waals surface area contributed by atoms with E-state index in [2.05, 4.69) is 88.4 Å². The van der Waals surface area contributed by atoms with Gasteiger partial charge in [0.25, 0.3) is 0 Å². The number of halogens is 2. The van der Waals surface area contributed by atoms with E-state index in [-0.39, 0.29) is 0 Å². The molecule has 0 atom stereocenters. The molecule has 0 nitrogen and oxygen atoms in total. The van der Waals surface area contributed by atoms with Crippen LogP contribution >= 0.6 is 17.2 Å². The number of hydrogen-bond acceptors (Lipinski definition) is 0. The van der Waals surface area contributed by atoms with Crippen LogP contribution in [0, 0.1) is 27.7 Å². The van der Waals surface area contributed by atoms with Crippen molar-refractivity contribution in [3.8, 4) is 0 Å². The van der Waals surface area contributed by atoms with Crippen LogP contribution in [0.2, 0.25) is 0 Å².